The maximum absolute atomic E-state index is 12.2. The van der Waals surface area contributed by atoms with Crippen LogP contribution in [0.15, 0.2) is 12.4 Å². The largest absolute Gasteiger partial charge is 0.265 e. The van der Waals surface area contributed by atoms with Gasteiger partial charge in [0.05, 0.1) is 0 Å². The summed E-state index contributed by atoms with van der Waals surface area (Å²) in [6, 6.07) is 0. The van der Waals surface area contributed by atoms with Gasteiger partial charge in [0, 0.05) is 21.5 Å². The molecule has 11 heavy (non-hydrogen) atoms. The van der Waals surface area contributed by atoms with Crippen LogP contribution in [-0.4, -0.2) is 4.98 Å². The smallest absolute Gasteiger partial charge is 0.263 e. The van der Waals surface area contributed by atoms with Gasteiger partial charge in [-0.15, -0.1) is 0 Å². The number of hydrogen-bond donors (Lipinski definition) is 0. The first-order chi connectivity index (χ1) is 5.13. The molecule has 1 heterocycles. The van der Waals surface area contributed by atoms with Gasteiger partial charge in [-0.3, -0.25) is 4.98 Å². The molecule has 0 amide bonds. The number of hydrogen-bond acceptors (Lipinski definition) is 1. The molecule has 0 N–H and O–H groups in total. The fraction of sp³-hybridized carbons (Fsp3) is 0.286. The average molecular weight is 269 g/mol. The molecule has 0 saturated carbocycles. The monoisotopic (exact) mass is 269 g/mol. The predicted molar refractivity (Wildman–Crippen MR) is 46.6 cm³/mol. The summed E-state index contributed by atoms with van der Waals surface area (Å²) in [6.45, 7) is 1.67. The van der Waals surface area contributed by atoms with Crippen molar-refractivity contribution < 1.29 is 8.78 Å². The molecule has 0 bridgehead atoms. The van der Waals surface area contributed by atoms with Gasteiger partial charge >= 0.3 is 0 Å². The van der Waals surface area contributed by atoms with Crippen molar-refractivity contribution in [2.45, 2.75) is 13.3 Å². The summed E-state index contributed by atoms with van der Waals surface area (Å²) in [5.74, 6) is 0. The highest BCUT2D eigenvalue weighted by atomic mass is 127. The Bertz CT molecular complexity index is 263. The molecule has 0 fully saturated rings. The summed E-state index contributed by atoms with van der Waals surface area (Å²) in [4.78, 5) is 3.68. The van der Waals surface area contributed by atoms with Crippen LogP contribution in [0.3, 0.4) is 0 Å². The third-order valence-electron chi connectivity index (χ3n) is 1.43. The van der Waals surface area contributed by atoms with E-state index in [-0.39, 0.29) is 5.56 Å². The summed E-state index contributed by atoms with van der Waals surface area (Å²) in [6.07, 6.45) is 0.362. The highest BCUT2D eigenvalue weighted by molar-refractivity contribution is 14.1. The van der Waals surface area contributed by atoms with Gasteiger partial charge in [0.25, 0.3) is 6.43 Å². The molecular weight excluding hydrogens is 263 g/mol. The fourth-order valence-corrected chi connectivity index (χ4v) is 1.21. The lowest BCUT2D eigenvalue weighted by Crippen LogP contribution is -1.93. The first kappa shape index (κ1) is 8.83. The highest BCUT2D eigenvalue weighted by Crippen LogP contribution is 2.23. The quantitative estimate of drug-likeness (QED) is 0.714. The summed E-state index contributed by atoms with van der Waals surface area (Å²) in [5, 5.41) is 0. The van der Waals surface area contributed by atoms with Crippen molar-refractivity contribution in [3.8, 4) is 0 Å². The van der Waals surface area contributed by atoms with E-state index >= 15 is 0 Å². The first-order valence-electron chi connectivity index (χ1n) is 3.01. The van der Waals surface area contributed by atoms with Crippen LogP contribution in [0, 0.1) is 10.5 Å². The third-order valence-corrected chi connectivity index (χ3v) is 2.52. The Balaban J connectivity index is 3.17. The van der Waals surface area contributed by atoms with Crippen molar-refractivity contribution in [1.82, 2.24) is 4.98 Å². The fourth-order valence-electron chi connectivity index (χ4n) is 0.735. The van der Waals surface area contributed by atoms with Crippen molar-refractivity contribution in [3.05, 3.63) is 27.1 Å². The summed E-state index contributed by atoms with van der Waals surface area (Å²) < 4.78 is 25.1. The van der Waals surface area contributed by atoms with Crippen LogP contribution in [0.1, 0.15) is 17.6 Å². The molecule has 0 radical (unpaired) electrons. The van der Waals surface area contributed by atoms with Crippen molar-refractivity contribution in [3.63, 3.8) is 0 Å². The van der Waals surface area contributed by atoms with E-state index < -0.39 is 6.43 Å². The zero-order chi connectivity index (χ0) is 8.43. The van der Waals surface area contributed by atoms with E-state index in [4.69, 9.17) is 0 Å². The molecular formula is C7H6F2IN. The zero-order valence-electron chi connectivity index (χ0n) is 5.81. The van der Waals surface area contributed by atoms with Crippen LogP contribution >= 0.6 is 22.6 Å². The Hall–Kier alpha value is -0.260. The van der Waals surface area contributed by atoms with Gasteiger partial charge in [-0.25, -0.2) is 8.78 Å². The number of nitrogens with zero attached hydrogens (tertiary/aromatic N) is 1. The Morgan fingerprint density at radius 3 is 2.55 bits per heavy atom. The summed E-state index contributed by atoms with van der Waals surface area (Å²) in [5.41, 5.74) is 0.646. The zero-order valence-corrected chi connectivity index (χ0v) is 7.97. The van der Waals surface area contributed by atoms with Crippen LogP contribution in [0.4, 0.5) is 8.78 Å². The number of aromatic nitrogens is 1. The molecule has 1 rings (SSSR count). The molecule has 1 aromatic rings. The minimum absolute atomic E-state index is 0.0249. The van der Waals surface area contributed by atoms with E-state index in [0.29, 0.717) is 5.56 Å². The van der Waals surface area contributed by atoms with Crippen molar-refractivity contribution in [2.24, 2.45) is 0 Å². The van der Waals surface area contributed by atoms with Crippen LogP contribution < -0.4 is 0 Å². The molecule has 0 aliphatic carbocycles. The van der Waals surface area contributed by atoms with Crippen LogP contribution in [0.2, 0.25) is 0 Å². The lowest BCUT2D eigenvalue weighted by Gasteiger charge is -2.04. The number of halogens is 3. The summed E-state index contributed by atoms with van der Waals surface area (Å²) in [7, 11) is 0. The molecule has 0 saturated heterocycles. The number of rotatable bonds is 1. The van der Waals surface area contributed by atoms with E-state index in [2.05, 4.69) is 4.98 Å². The summed E-state index contributed by atoms with van der Waals surface area (Å²) >= 11 is 1.99. The van der Waals surface area contributed by atoms with Gasteiger partial charge in [-0.1, -0.05) is 0 Å². The molecule has 1 nitrogen and oxygen atoms in total. The van der Waals surface area contributed by atoms with Gasteiger partial charge < -0.3 is 0 Å². The van der Waals surface area contributed by atoms with Crippen LogP contribution in [-0.2, 0) is 0 Å². The molecule has 0 spiro atoms. The second-order valence-corrected chi connectivity index (χ2v) is 3.30. The predicted octanol–water partition coefficient (Wildman–Crippen LogP) is 2.93. The second kappa shape index (κ2) is 3.42. The molecule has 0 atom stereocenters. The Morgan fingerprint density at radius 1 is 1.45 bits per heavy atom. The van der Waals surface area contributed by atoms with Gasteiger partial charge in [0.2, 0.25) is 0 Å². The minimum Gasteiger partial charge on any atom is -0.263 e. The van der Waals surface area contributed by atoms with E-state index in [0.717, 1.165) is 3.57 Å². The molecule has 0 aliphatic rings. The minimum atomic E-state index is -2.42. The Morgan fingerprint density at radius 2 is 2.09 bits per heavy atom. The second-order valence-electron chi connectivity index (χ2n) is 2.14. The lowest BCUT2D eigenvalue weighted by molar-refractivity contribution is 0.150. The normalized spacial score (nSPS) is 10.6. The molecule has 0 aromatic carbocycles. The highest BCUT2D eigenvalue weighted by Gasteiger charge is 2.11. The average Bonchev–Trinajstić information content (AvgIpc) is 1.94. The maximum atomic E-state index is 12.2. The van der Waals surface area contributed by atoms with Gasteiger partial charge in [-0.05, 0) is 35.1 Å². The topological polar surface area (TPSA) is 12.9 Å². The van der Waals surface area contributed by atoms with Crippen molar-refractivity contribution in [2.75, 3.05) is 0 Å². The van der Waals surface area contributed by atoms with E-state index in [1.807, 2.05) is 22.6 Å². The molecule has 1 aromatic heterocycles. The molecule has 60 valence electrons. The van der Waals surface area contributed by atoms with Gasteiger partial charge in [-0.2, -0.15) is 0 Å². The van der Waals surface area contributed by atoms with Gasteiger partial charge in [0.1, 0.15) is 0 Å². The SMILES string of the molecule is Cc1c(I)cncc1C(F)F. The molecule has 4 heteroatoms. The van der Waals surface area contributed by atoms with Crippen LogP contribution in [0.25, 0.3) is 0 Å². The first-order valence-corrected chi connectivity index (χ1v) is 4.09. The van der Waals surface area contributed by atoms with Crippen molar-refractivity contribution in [1.29, 1.82) is 0 Å². The number of pyridine rings is 1. The Kier molecular flexibility index (Phi) is 2.75. The Labute approximate surface area is 77.0 Å². The molecule has 0 aliphatic heterocycles. The third kappa shape index (κ3) is 1.85. The van der Waals surface area contributed by atoms with E-state index in [1.165, 1.54) is 6.20 Å². The maximum Gasteiger partial charge on any atom is 0.265 e. The lowest BCUT2D eigenvalue weighted by atomic mass is 10.2. The molecule has 0 unspecified atom stereocenters. The van der Waals surface area contributed by atoms with E-state index in [9.17, 15) is 8.78 Å². The van der Waals surface area contributed by atoms with Crippen molar-refractivity contribution >= 4 is 22.6 Å². The van der Waals surface area contributed by atoms with Crippen LogP contribution in [0.5, 0.6) is 0 Å². The van der Waals surface area contributed by atoms with E-state index in [1.54, 1.807) is 13.1 Å². The van der Waals surface area contributed by atoms with Gasteiger partial charge in [0.15, 0.2) is 0 Å². The number of alkyl halides is 2. The standard InChI is InChI=1S/C7H6F2IN/c1-4-5(7(8)9)2-11-3-6(4)10/h2-3,7H,1H3.